The minimum Gasteiger partial charge on any atom is -0.465 e. The zero-order chi connectivity index (χ0) is 10.8. The summed E-state index contributed by atoms with van der Waals surface area (Å²) >= 11 is 0. The third-order valence-electron chi connectivity index (χ3n) is 2.02. The lowest BCUT2D eigenvalue weighted by molar-refractivity contribution is 0.0602. The van der Waals surface area contributed by atoms with Gasteiger partial charge in [-0.3, -0.25) is 9.20 Å². The van der Waals surface area contributed by atoms with Gasteiger partial charge in [0.1, 0.15) is 5.56 Å². The van der Waals surface area contributed by atoms with Gasteiger partial charge in [-0.05, 0) is 12.1 Å². The molecule has 0 aliphatic carbocycles. The Morgan fingerprint density at radius 2 is 2.27 bits per heavy atom. The van der Waals surface area contributed by atoms with Gasteiger partial charge in [-0.2, -0.15) is 0 Å². The highest BCUT2D eigenvalue weighted by molar-refractivity contribution is 5.95. The van der Waals surface area contributed by atoms with Crippen molar-refractivity contribution in [3.05, 3.63) is 46.5 Å². The van der Waals surface area contributed by atoms with Crippen LogP contribution in [-0.4, -0.2) is 22.5 Å². The van der Waals surface area contributed by atoms with Crippen LogP contribution in [0.25, 0.3) is 5.65 Å². The molecule has 2 rings (SSSR count). The number of carbonyl (C=O) groups excluding carboxylic acids is 1. The predicted octanol–water partition coefficient (Wildman–Crippen LogP) is 0.481. The number of esters is 1. The largest absolute Gasteiger partial charge is 0.465 e. The third-order valence-corrected chi connectivity index (χ3v) is 2.02. The van der Waals surface area contributed by atoms with Gasteiger partial charge < -0.3 is 4.74 Å². The summed E-state index contributed by atoms with van der Waals surface area (Å²) in [5.74, 6) is -0.508. The second-order valence-corrected chi connectivity index (χ2v) is 2.89. The van der Waals surface area contributed by atoms with Crippen molar-refractivity contribution < 1.29 is 9.53 Å². The van der Waals surface area contributed by atoms with Crippen molar-refractivity contribution in [3.8, 4) is 0 Å². The van der Waals surface area contributed by atoms with E-state index in [-0.39, 0.29) is 11.1 Å². The van der Waals surface area contributed by atoms with Crippen molar-refractivity contribution in [2.24, 2.45) is 0 Å². The number of fused-ring (bicyclic) bond motifs is 1. The fraction of sp³-hybridized carbons (Fsp3) is 0.100. The van der Waals surface area contributed by atoms with Gasteiger partial charge in [0.15, 0.2) is 5.65 Å². The zero-order valence-electron chi connectivity index (χ0n) is 8.01. The fourth-order valence-corrected chi connectivity index (χ4v) is 1.33. The molecule has 2 aromatic rings. The molecule has 0 aromatic carbocycles. The summed E-state index contributed by atoms with van der Waals surface area (Å²) in [5, 5.41) is 0. The van der Waals surface area contributed by atoms with E-state index in [1.165, 1.54) is 23.8 Å². The van der Waals surface area contributed by atoms with Gasteiger partial charge >= 0.3 is 5.97 Å². The molecule has 15 heavy (non-hydrogen) atoms. The summed E-state index contributed by atoms with van der Waals surface area (Å²) in [6, 6.07) is 4.49. The van der Waals surface area contributed by atoms with E-state index in [0.717, 1.165) is 0 Å². The number of carbonyl (C=O) groups is 1. The van der Waals surface area contributed by atoms with Crippen LogP contribution in [0, 0.1) is 0 Å². The van der Waals surface area contributed by atoms with Gasteiger partial charge in [0.25, 0.3) is 5.56 Å². The van der Waals surface area contributed by atoms with Gasteiger partial charge in [-0.15, -0.1) is 0 Å². The van der Waals surface area contributed by atoms with Gasteiger partial charge in [0.05, 0.1) is 7.11 Å². The van der Waals surface area contributed by atoms with Gasteiger partial charge in [0, 0.05) is 18.5 Å². The monoisotopic (exact) mass is 204 g/mol. The third kappa shape index (κ3) is 1.48. The smallest absolute Gasteiger partial charge is 0.341 e. The Morgan fingerprint density at radius 1 is 1.47 bits per heavy atom. The van der Waals surface area contributed by atoms with E-state index in [1.807, 2.05) is 0 Å². The minimum absolute atomic E-state index is 0.231. The Hall–Kier alpha value is -2.17. The van der Waals surface area contributed by atoms with Crippen molar-refractivity contribution in [2.75, 3.05) is 7.11 Å². The summed E-state index contributed by atoms with van der Waals surface area (Å²) in [6.45, 7) is 0. The average molecular weight is 204 g/mol. The summed E-state index contributed by atoms with van der Waals surface area (Å²) < 4.78 is 5.89. The number of rotatable bonds is 1. The lowest BCUT2D eigenvalue weighted by Gasteiger charge is -2.03. The lowest BCUT2D eigenvalue weighted by Crippen LogP contribution is -2.15. The molecule has 0 radical (unpaired) electrons. The van der Waals surface area contributed by atoms with Crippen molar-refractivity contribution in [2.45, 2.75) is 0 Å². The maximum Gasteiger partial charge on any atom is 0.341 e. The molecule has 2 heterocycles. The first-order valence-corrected chi connectivity index (χ1v) is 4.29. The highest BCUT2D eigenvalue weighted by Crippen LogP contribution is 2.06. The van der Waals surface area contributed by atoms with Crippen molar-refractivity contribution in [3.63, 3.8) is 0 Å². The average Bonchev–Trinajstić information content (AvgIpc) is 2.28. The van der Waals surface area contributed by atoms with Crippen molar-refractivity contribution in [1.29, 1.82) is 0 Å². The maximum absolute atomic E-state index is 11.4. The van der Waals surface area contributed by atoms with E-state index >= 15 is 0 Å². The van der Waals surface area contributed by atoms with Crippen LogP contribution >= 0.6 is 0 Å². The first-order valence-electron chi connectivity index (χ1n) is 4.29. The minimum atomic E-state index is -0.508. The van der Waals surface area contributed by atoms with Crippen LogP contribution in [0.15, 0.2) is 35.4 Å². The molecule has 0 bridgehead atoms. The quantitative estimate of drug-likeness (QED) is 0.634. The van der Waals surface area contributed by atoms with Crippen molar-refractivity contribution in [1.82, 2.24) is 9.38 Å². The summed E-state index contributed by atoms with van der Waals surface area (Å²) in [4.78, 5) is 26.7. The topological polar surface area (TPSA) is 60.7 Å². The Kier molecular flexibility index (Phi) is 2.21. The van der Waals surface area contributed by atoms with Gasteiger partial charge in [0.2, 0.25) is 0 Å². The maximum atomic E-state index is 11.4. The van der Waals surface area contributed by atoms with E-state index in [1.54, 1.807) is 18.3 Å². The number of hydrogen-bond acceptors (Lipinski definition) is 4. The van der Waals surface area contributed by atoms with Crippen LogP contribution in [0.3, 0.4) is 0 Å². The van der Waals surface area contributed by atoms with E-state index < -0.39 is 5.97 Å². The molecule has 0 amide bonds. The molecule has 0 aliphatic rings. The van der Waals surface area contributed by atoms with Crippen LogP contribution in [0.4, 0.5) is 0 Å². The molecule has 0 fully saturated rings. The molecule has 5 nitrogen and oxygen atoms in total. The van der Waals surface area contributed by atoms with Crippen LogP contribution in [0.2, 0.25) is 0 Å². The summed E-state index contributed by atoms with van der Waals surface area (Å²) in [5.41, 5.74) is 0.348. The fourth-order valence-electron chi connectivity index (χ4n) is 1.33. The van der Waals surface area contributed by atoms with Crippen LogP contribution < -0.4 is 5.56 Å². The predicted molar refractivity (Wildman–Crippen MR) is 52.8 cm³/mol. The number of aromatic nitrogens is 2. The molecule has 0 saturated carbocycles. The molecule has 0 spiro atoms. The number of hydrogen-bond donors (Lipinski definition) is 0. The van der Waals surface area contributed by atoms with Gasteiger partial charge in [-0.25, -0.2) is 9.78 Å². The van der Waals surface area contributed by atoms with Crippen LogP contribution in [0.5, 0.6) is 0 Å². The molecular weight excluding hydrogens is 196 g/mol. The van der Waals surface area contributed by atoms with Crippen LogP contribution in [-0.2, 0) is 4.74 Å². The number of pyridine rings is 1. The normalized spacial score (nSPS) is 10.2. The second-order valence-electron chi connectivity index (χ2n) is 2.89. The Bertz CT molecular complexity index is 574. The van der Waals surface area contributed by atoms with E-state index in [2.05, 4.69) is 9.72 Å². The summed E-state index contributed by atoms with van der Waals surface area (Å²) in [6.07, 6.45) is 2.92. The standard InChI is InChI=1S/C10H8N2O3/c1-15-10(14)7-3-2-6-12-8(13)4-5-11-9(7)12/h2-6H,1H3. The Labute approximate surface area is 84.9 Å². The Morgan fingerprint density at radius 3 is 3.00 bits per heavy atom. The van der Waals surface area contributed by atoms with Gasteiger partial charge in [-0.1, -0.05) is 0 Å². The molecule has 0 aliphatic heterocycles. The SMILES string of the molecule is COC(=O)c1cccn2c(=O)ccnc12. The molecule has 0 atom stereocenters. The zero-order valence-corrected chi connectivity index (χ0v) is 8.01. The van der Waals surface area contributed by atoms with E-state index in [9.17, 15) is 9.59 Å². The number of nitrogens with zero attached hydrogens (tertiary/aromatic N) is 2. The molecular formula is C10H8N2O3. The molecule has 0 N–H and O–H groups in total. The second kappa shape index (κ2) is 3.53. The molecule has 76 valence electrons. The molecule has 0 unspecified atom stereocenters. The summed E-state index contributed by atoms with van der Waals surface area (Å²) in [7, 11) is 1.28. The van der Waals surface area contributed by atoms with E-state index in [0.29, 0.717) is 5.65 Å². The van der Waals surface area contributed by atoms with Crippen LogP contribution in [0.1, 0.15) is 10.4 Å². The van der Waals surface area contributed by atoms with E-state index in [4.69, 9.17) is 0 Å². The first kappa shape index (κ1) is 9.39. The van der Waals surface area contributed by atoms with Crippen molar-refractivity contribution >= 4 is 11.6 Å². The molecule has 5 heteroatoms. The lowest BCUT2D eigenvalue weighted by atomic mass is 10.2. The highest BCUT2D eigenvalue weighted by Gasteiger charge is 2.11. The highest BCUT2D eigenvalue weighted by atomic mass is 16.5. The first-order chi connectivity index (χ1) is 7.24. The number of methoxy groups -OCH3 is 1. The molecule has 0 saturated heterocycles. The Balaban J connectivity index is 2.83. The molecule has 2 aromatic heterocycles. The number of ether oxygens (including phenoxy) is 1.